The number of ether oxygens (including phenoxy) is 2. The predicted molar refractivity (Wildman–Crippen MR) is 138 cm³/mol. The molecule has 0 heterocycles. The van der Waals surface area contributed by atoms with Gasteiger partial charge in [-0.05, 0) is 45.8 Å². The fourth-order valence-corrected chi connectivity index (χ4v) is 4.12. The summed E-state index contributed by atoms with van der Waals surface area (Å²) in [4.78, 5) is 0. The van der Waals surface area contributed by atoms with Crippen LogP contribution in [0.1, 0.15) is 16.7 Å². The molecule has 5 nitrogen and oxygen atoms in total. The van der Waals surface area contributed by atoms with Gasteiger partial charge in [0.1, 0.15) is 6.61 Å². The number of amidine groups is 1. The number of nitrogens with two attached hydrogens (primary N) is 1. The van der Waals surface area contributed by atoms with Crippen LogP contribution in [0.4, 0.5) is 0 Å². The smallest absolute Gasteiger partial charge is 0.180 e. The maximum Gasteiger partial charge on any atom is 0.180 e. The van der Waals surface area contributed by atoms with Gasteiger partial charge >= 0.3 is 0 Å². The summed E-state index contributed by atoms with van der Waals surface area (Å²) >= 11 is 17.1. The summed E-state index contributed by atoms with van der Waals surface area (Å²) in [5.41, 5.74) is 8.70. The fourth-order valence-electron chi connectivity index (χ4n) is 2.62. The predicted octanol–water partition coefficient (Wildman–Crippen LogP) is 6.93. The molecule has 3 aromatic carbocycles. The minimum atomic E-state index is 0.270. The lowest BCUT2D eigenvalue weighted by Crippen LogP contribution is -2.06. The maximum atomic E-state index is 6.22. The van der Waals surface area contributed by atoms with Gasteiger partial charge in [-0.1, -0.05) is 71.4 Å². The van der Waals surface area contributed by atoms with E-state index in [9.17, 15) is 0 Å². The van der Waals surface area contributed by atoms with Gasteiger partial charge in [0.05, 0.1) is 13.3 Å². The lowest BCUT2D eigenvalue weighted by atomic mass is 10.2. The van der Waals surface area contributed by atoms with Gasteiger partial charge in [-0.2, -0.15) is 5.10 Å². The Morgan fingerprint density at radius 1 is 1.09 bits per heavy atom. The number of halogens is 3. The molecule has 0 unspecified atom stereocenters. The van der Waals surface area contributed by atoms with Gasteiger partial charge in [-0.25, -0.2) is 0 Å². The quantitative estimate of drug-likeness (QED) is 0.187. The molecule has 3 aromatic rings. The molecule has 0 saturated heterocycles. The van der Waals surface area contributed by atoms with Crippen molar-refractivity contribution < 1.29 is 9.47 Å². The SMILES string of the molecule is COc1cc(C=NN=C(N)SCc2ccccc2)c(Br)cc1OCc1ccc(Cl)cc1Cl. The van der Waals surface area contributed by atoms with Gasteiger partial charge < -0.3 is 15.2 Å². The second kappa shape index (κ2) is 12.2. The Kier molecular flexibility index (Phi) is 9.29. The van der Waals surface area contributed by atoms with E-state index < -0.39 is 0 Å². The van der Waals surface area contributed by atoms with Crippen LogP contribution in [0.2, 0.25) is 10.0 Å². The molecule has 0 radical (unpaired) electrons. The fraction of sp³-hybridized carbons (Fsp3) is 0.130. The summed E-state index contributed by atoms with van der Waals surface area (Å²) < 4.78 is 12.1. The number of benzene rings is 3. The van der Waals surface area contributed by atoms with Crippen LogP contribution >= 0.6 is 50.9 Å². The number of hydrogen-bond donors (Lipinski definition) is 1. The highest BCUT2D eigenvalue weighted by Crippen LogP contribution is 2.34. The number of methoxy groups -OCH3 is 1. The summed E-state index contributed by atoms with van der Waals surface area (Å²) in [7, 11) is 1.57. The molecule has 0 fully saturated rings. The van der Waals surface area contributed by atoms with Crippen LogP contribution in [-0.2, 0) is 12.4 Å². The Morgan fingerprint density at radius 3 is 2.59 bits per heavy atom. The van der Waals surface area contributed by atoms with Crippen molar-refractivity contribution in [3.8, 4) is 11.5 Å². The molecule has 0 aromatic heterocycles. The van der Waals surface area contributed by atoms with Crippen molar-refractivity contribution in [2.45, 2.75) is 12.4 Å². The topological polar surface area (TPSA) is 69.2 Å². The lowest BCUT2D eigenvalue weighted by molar-refractivity contribution is 0.284. The molecule has 0 bridgehead atoms. The van der Waals surface area contributed by atoms with E-state index in [-0.39, 0.29) is 6.61 Å². The zero-order chi connectivity index (χ0) is 22.9. The Labute approximate surface area is 209 Å². The second-order valence-electron chi connectivity index (χ2n) is 6.51. The third-order valence-corrected chi connectivity index (χ3v) is 6.39. The average Bonchev–Trinajstić information content (AvgIpc) is 2.79. The van der Waals surface area contributed by atoms with E-state index in [1.165, 1.54) is 17.3 Å². The number of thioether (sulfide) groups is 1. The molecule has 0 spiro atoms. The van der Waals surface area contributed by atoms with E-state index in [2.05, 4.69) is 26.1 Å². The van der Waals surface area contributed by atoms with E-state index in [4.69, 9.17) is 38.4 Å². The third kappa shape index (κ3) is 7.17. The van der Waals surface area contributed by atoms with E-state index in [0.717, 1.165) is 21.4 Å². The van der Waals surface area contributed by atoms with Crippen LogP contribution in [0.15, 0.2) is 75.3 Å². The molecule has 3 rings (SSSR count). The van der Waals surface area contributed by atoms with Gasteiger partial charge in [0.15, 0.2) is 16.7 Å². The van der Waals surface area contributed by atoms with Crippen molar-refractivity contribution >= 4 is 62.3 Å². The maximum absolute atomic E-state index is 6.22. The van der Waals surface area contributed by atoms with Crippen LogP contribution < -0.4 is 15.2 Å². The van der Waals surface area contributed by atoms with Crippen LogP contribution in [-0.4, -0.2) is 18.5 Å². The molecule has 0 amide bonds. The van der Waals surface area contributed by atoms with Crippen molar-refractivity contribution in [3.05, 3.63) is 91.9 Å². The molecule has 0 atom stereocenters. The average molecular weight is 553 g/mol. The summed E-state index contributed by atoms with van der Waals surface area (Å²) in [6.07, 6.45) is 1.60. The first-order valence-corrected chi connectivity index (χ1v) is 12.0. The second-order valence-corrected chi connectivity index (χ2v) is 9.20. The highest BCUT2D eigenvalue weighted by Gasteiger charge is 2.11. The standard InChI is InChI=1S/C23H20BrCl2N3O2S/c1-30-21-9-17(12-28-29-23(27)32-14-15-5-3-2-4-6-15)19(24)11-22(21)31-13-16-7-8-18(25)10-20(16)26/h2-12H,13-14H2,1H3,(H2,27,29). The van der Waals surface area contributed by atoms with Gasteiger partial charge in [-0.15, -0.1) is 5.10 Å². The highest BCUT2D eigenvalue weighted by atomic mass is 79.9. The third-order valence-electron chi connectivity index (χ3n) is 4.26. The summed E-state index contributed by atoms with van der Waals surface area (Å²) in [6, 6.07) is 18.9. The van der Waals surface area contributed by atoms with Crippen molar-refractivity contribution in [1.82, 2.24) is 0 Å². The van der Waals surface area contributed by atoms with Gasteiger partial charge in [0.25, 0.3) is 0 Å². The minimum absolute atomic E-state index is 0.270. The molecule has 0 aliphatic heterocycles. The highest BCUT2D eigenvalue weighted by molar-refractivity contribution is 9.10. The summed E-state index contributed by atoms with van der Waals surface area (Å²) in [5, 5.41) is 9.65. The Hall–Kier alpha value is -2.19. The number of rotatable bonds is 8. The summed E-state index contributed by atoms with van der Waals surface area (Å²) in [5.74, 6) is 1.84. The first-order valence-electron chi connectivity index (χ1n) is 9.43. The number of nitrogens with zero attached hydrogens (tertiary/aromatic N) is 2. The van der Waals surface area contributed by atoms with E-state index in [1.54, 1.807) is 37.6 Å². The van der Waals surface area contributed by atoms with E-state index in [0.29, 0.717) is 26.7 Å². The van der Waals surface area contributed by atoms with Gasteiger partial charge in [0.2, 0.25) is 0 Å². The molecule has 0 saturated carbocycles. The molecular formula is C23H20BrCl2N3O2S. The summed E-state index contributed by atoms with van der Waals surface area (Å²) in [6.45, 7) is 0.270. The van der Waals surface area contributed by atoms with Crippen LogP contribution in [0, 0.1) is 0 Å². The van der Waals surface area contributed by atoms with E-state index >= 15 is 0 Å². The van der Waals surface area contributed by atoms with Crippen LogP contribution in [0.3, 0.4) is 0 Å². The zero-order valence-electron chi connectivity index (χ0n) is 17.1. The Bertz CT molecular complexity index is 1130. The van der Waals surface area contributed by atoms with Crippen LogP contribution in [0.25, 0.3) is 0 Å². The monoisotopic (exact) mass is 551 g/mol. The van der Waals surface area contributed by atoms with Crippen molar-refractivity contribution in [2.75, 3.05) is 7.11 Å². The minimum Gasteiger partial charge on any atom is -0.493 e. The van der Waals surface area contributed by atoms with Gasteiger partial charge in [-0.3, -0.25) is 0 Å². The zero-order valence-corrected chi connectivity index (χ0v) is 21.0. The number of hydrogen-bond acceptors (Lipinski definition) is 5. The van der Waals surface area contributed by atoms with Crippen molar-refractivity contribution in [2.24, 2.45) is 15.9 Å². The van der Waals surface area contributed by atoms with Crippen molar-refractivity contribution in [1.29, 1.82) is 0 Å². The molecule has 2 N–H and O–H groups in total. The molecule has 166 valence electrons. The molecule has 0 aliphatic carbocycles. The molecule has 9 heteroatoms. The van der Waals surface area contributed by atoms with E-state index in [1.807, 2.05) is 36.4 Å². The van der Waals surface area contributed by atoms with Crippen LogP contribution in [0.5, 0.6) is 11.5 Å². The molecule has 0 aliphatic rings. The normalized spacial score (nSPS) is 11.7. The Morgan fingerprint density at radius 2 is 1.88 bits per heavy atom. The lowest BCUT2D eigenvalue weighted by Gasteiger charge is -2.13. The largest absolute Gasteiger partial charge is 0.493 e. The Balaban J connectivity index is 1.65. The van der Waals surface area contributed by atoms with Gasteiger partial charge in [0, 0.05) is 31.4 Å². The van der Waals surface area contributed by atoms with Crippen molar-refractivity contribution in [3.63, 3.8) is 0 Å². The molecular weight excluding hydrogens is 533 g/mol. The first kappa shape index (κ1) is 24.5. The molecule has 32 heavy (non-hydrogen) atoms. The first-order chi connectivity index (χ1) is 15.5.